The topological polar surface area (TPSA) is 12.0 Å². The highest BCUT2D eigenvalue weighted by Gasteiger charge is 2.17. The third-order valence-electron chi connectivity index (χ3n) is 3.60. The van der Waals surface area contributed by atoms with E-state index in [2.05, 4.69) is 58.1 Å². The minimum absolute atomic E-state index is 0.381. The summed E-state index contributed by atoms with van der Waals surface area (Å²) in [6, 6.07) is 6.81. The van der Waals surface area contributed by atoms with Crippen molar-refractivity contribution in [2.24, 2.45) is 5.41 Å². The summed E-state index contributed by atoms with van der Waals surface area (Å²) in [7, 11) is 0. The molecule has 1 N–H and O–H groups in total. The van der Waals surface area contributed by atoms with Crippen LogP contribution in [-0.2, 0) is 6.42 Å². The Hall–Kier alpha value is -0.820. The van der Waals surface area contributed by atoms with Crippen molar-refractivity contribution in [2.45, 2.75) is 53.9 Å². The van der Waals surface area contributed by atoms with E-state index < -0.39 is 0 Å². The molecule has 0 amide bonds. The molecule has 0 aliphatic rings. The van der Waals surface area contributed by atoms with Gasteiger partial charge in [-0.1, -0.05) is 44.5 Å². The lowest BCUT2D eigenvalue weighted by Gasteiger charge is -2.25. The number of hydrogen-bond acceptors (Lipinski definition) is 1. The molecule has 0 bridgehead atoms. The Kier molecular flexibility index (Phi) is 5.87. The van der Waals surface area contributed by atoms with Gasteiger partial charge < -0.3 is 5.32 Å². The number of rotatable bonds is 7. The minimum Gasteiger partial charge on any atom is -0.316 e. The van der Waals surface area contributed by atoms with E-state index >= 15 is 0 Å². The fourth-order valence-corrected chi connectivity index (χ4v) is 2.29. The van der Waals surface area contributed by atoms with Gasteiger partial charge in [0.2, 0.25) is 0 Å². The van der Waals surface area contributed by atoms with Gasteiger partial charge in [-0.3, -0.25) is 0 Å². The number of hydrogen-bond donors (Lipinski definition) is 1. The number of nitrogens with one attached hydrogen (secondary N) is 1. The summed E-state index contributed by atoms with van der Waals surface area (Å²) in [6.07, 6.45) is 3.65. The Labute approximate surface area is 113 Å². The van der Waals surface area contributed by atoms with Crippen LogP contribution >= 0.6 is 0 Å². The lowest BCUT2D eigenvalue weighted by Crippen LogP contribution is -2.30. The summed E-state index contributed by atoms with van der Waals surface area (Å²) in [5, 5.41) is 3.54. The second-order valence-corrected chi connectivity index (χ2v) is 6.27. The van der Waals surface area contributed by atoms with Crippen LogP contribution in [0.4, 0.5) is 0 Å². The van der Waals surface area contributed by atoms with Gasteiger partial charge in [0, 0.05) is 6.54 Å². The van der Waals surface area contributed by atoms with Gasteiger partial charge in [0.15, 0.2) is 0 Å². The highest BCUT2D eigenvalue weighted by atomic mass is 14.9. The zero-order chi connectivity index (χ0) is 13.6. The molecule has 1 rings (SSSR count). The van der Waals surface area contributed by atoms with E-state index in [0.29, 0.717) is 5.41 Å². The molecule has 0 radical (unpaired) electrons. The SMILES string of the molecule is CCCNCC(C)(C)CCc1ccc(C)cc1C. The van der Waals surface area contributed by atoms with E-state index in [1.165, 1.54) is 36.0 Å². The summed E-state index contributed by atoms with van der Waals surface area (Å²) in [5.41, 5.74) is 4.68. The smallest absolute Gasteiger partial charge is 0.000263 e. The maximum absolute atomic E-state index is 3.54. The molecule has 0 spiro atoms. The first-order chi connectivity index (χ1) is 8.44. The monoisotopic (exact) mass is 247 g/mol. The van der Waals surface area contributed by atoms with Crippen molar-refractivity contribution in [2.75, 3.05) is 13.1 Å². The van der Waals surface area contributed by atoms with Gasteiger partial charge >= 0.3 is 0 Å². The van der Waals surface area contributed by atoms with Crippen molar-refractivity contribution in [1.82, 2.24) is 5.32 Å². The van der Waals surface area contributed by atoms with Crippen molar-refractivity contribution in [3.63, 3.8) is 0 Å². The molecule has 0 heterocycles. The normalized spacial score (nSPS) is 11.8. The predicted molar refractivity (Wildman–Crippen MR) is 81.2 cm³/mol. The Morgan fingerprint density at radius 3 is 2.50 bits per heavy atom. The van der Waals surface area contributed by atoms with E-state index in [9.17, 15) is 0 Å². The van der Waals surface area contributed by atoms with E-state index in [4.69, 9.17) is 0 Å². The average molecular weight is 247 g/mol. The summed E-state index contributed by atoms with van der Waals surface area (Å²) < 4.78 is 0. The molecule has 18 heavy (non-hydrogen) atoms. The molecule has 0 unspecified atom stereocenters. The lowest BCUT2D eigenvalue weighted by molar-refractivity contribution is 0.315. The van der Waals surface area contributed by atoms with Crippen molar-refractivity contribution in [3.05, 3.63) is 34.9 Å². The molecule has 1 heteroatoms. The van der Waals surface area contributed by atoms with Gasteiger partial charge in [0.1, 0.15) is 0 Å². The van der Waals surface area contributed by atoms with E-state index in [-0.39, 0.29) is 0 Å². The maximum atomic E-state index is 3.54. The Bertz CT molecular complexity index is 366. The molecule has 0 saturated carbocycles. The summed E-state index contributed by atoms with van der Waals surface area (Å²) in [5.74, 6) is 0. The van der Waals surface area contributed by atoms with Crippen LogP contribution in [0.15, 0.2) is 18.2 Å². The quantitative estimate of drug-likeness (QED) is 0.710. The van der Waals surface area contributed by atoms with Crippen LogP contribution in [0.25, 0.3) is 0 Å². The fraction of sp³-hybridized carbons (Fsp3) is 0.647. The third kappa shape index (κ3) is 5.22. The Morgan fingerprint density at radius 1 is 1.17 bits per heavy atom. The van der Waals surface area contributed by atoms with Crippen molar-refractivity contribution in [3.8, 4) is 0 Å². The predicted octanol–water partition coefficient (Wildman–Crippen LogP) is 4.26. The summed E-state index contributed by atoms with van der Waals surface area (Å²) >= 11 is 0. The highest BCUT2D eigenvalue weighted by Crippen LogP contribution is 2.23. The third-order valence-corrected chi connectivity index (χ3v) is 3.60. The van der Waals surface area contributed by atoms with Crippen LogP contribution in [-0.4, -0.2) is 13.1 Å². The standard InChI is InChI=1S/C17H29N/c1-6-11-18-13-17(4,5)10-9-16-8-7-14(2)12-15(16)3/h7-8,12,18H,6,9-11,13H2,1-5H3. The van der Waals surface area contributed by atoms with Gasteiger partial charge in [0.05, 0.1) is 0 Å². The van der Waals surface area contributed by atoms with Gasteiger partial charge in [-0.05, 0) is 56.2 Å². The highest BCUT2D eigenvalue weighted by molar-refractivity contribution is 5.30. The van der Waals surface area contributed by atoms with Gasteiger partial charge in [-0.15, -0.1) is 0 Å². The molecular formula is C17H29N. The maximum Gasteiger partial charge on any atom is 0.000263 e. The molecule has 1 aromatic carbocycles. The largest absolute Gasteiger partial charge is 0.316 e. The molecule has 0 fully saturated rings. The summed E-state index contributed by atoms with van der Waals surface area (Å²) in [4.78, 5) is 0. The zero-order valence-corrected chi connectivity index (χ0v) is 12.8. The second kappa shape index (κ2) is 6.94. The van der Waals surface area contributed by atoms with Crippen molar-refractivity contribution < 1.29 is 0 Å². The molecular weight excluding hydrogens is 218 g/mol. The first-order valence-electron chi connectivity index (χ1n) is 7.21. The molecule has 0 aliphatic carbocycles. The Balaban J connectivity index is 2.48. The van der Waals surface area contributed by atoms with Crippen LogP contribution in [0.3, 0.4) is 0 Å². The van der Waals surface area contributed by atoms with Crippen LogP contribution in [0.5, 0.6) is 0 Å². The van der Waals surface area contributed by atoms with Crippen molar-refractivity contribution in [1.29, 1.82) is 0 Å². The second-order valence-electron chi connectivity index (χ2n) is 6.27. The first-order valence-corrected chi connectivity index (χ1v) is 7.21. The number of benzene rings is 1. The molecule has 0 atom stereocenters. The molecule has 0 aromatic heterocycles. The van der Waals surface area contributed by atoms with Gasteiger partial charge in [-0.25, -0.2) is 0 Å². The van der Waals surface area contributed by atoms with Crippen molar-refractivity contribution >= 4 is 0 Å². The van der Waals surface area contributed by atoms with E-state index in [1.807, 2.05) is 0 Å². The van der Waals surface area contributed by atoms with Crippen LogP contribution in [0.1, 0.15) is 50.3 Å². The Morgan fingerprint density at radius 2 is 1.89 bits per heavy atom. The summed E-state index contributed by atoms with van der Waals surface area (Å²) in [6.45, 7) is 13.6. The van der Waals surface area contributed by atoms with E-state index in [0.717, 1.165) is 13.1 Å². The molecule has 0 saturated heterocycles. The fourth-order valence-electron chi connectivity index (χ4n) is 2.29. The molecule has 1 nitrogen and oxygen atoms in total. The minimum atomic E-state index is 0.381. The molecule has 102 valence electrons. The van der Waals surface area contributed by atoms with Gasteiger partial charge in [0.25, 0.3) is 0 Å². The first kappa shape index (κ1) is 15.2. The molecule has 1 aromatic rings. The van der Waals surface area contributed by atoms with Crippen LogP contribution in [0, 0.1) is 19.3 Å². The zero-order valence-electron chi connectivity index (χ0n) is 12.8. The van der Waals surface area contributed by atoms with Gasteiger partial charge in [-0.2, -0.15) is 0 Å². The van der Waals surface area contributed by atoms with Crippen LogP contribution < -0.4 is 5.32 Å². The number of aryl methyl sites for hydroxylation is 3. The van der Waals surface area contributed by atoms with Crippen LogP contribution in [0.2, 0.25) is 0 Å². The van der Waals surface area contributed by atoms with E-state index in [1.54, 1.807) is 0 Å². The molecule has 0 aliphatic heterocycles. The average Bonchev–Trinajstić information content (AvgIpc) is 2.28. The lowest BCUT2D eigenvalue weighted by atomic mass is 9.85.